The number of fused-ring (bicyclic) bond motifs is 1. The van der Waals surface area contributed by atoms with Crippen molar-refractivity contribution in [3.63, 3.8) is 0 Å². The van der Waals surface area contributed by atoms with Crippen molar-refractivity contribution in [1.29, 1.82) is 0 Å². The molecule has 0 fully saturated rings. The summed E-state index contributed by atoms with van der Waals surface area (Å²) in [5.41, 5.74) is 0.845. The molecule has 0 bridgehead atoms. The van der Waals surface area contributed by atoms with Crippen LogP contribution in [0.4, 0.5) is 0 Å². The number of hydrogen-bond acceptors (Lipinski definition) is 6. The second kappa shape index (κ2) is 3.82. The zero-order valence-corrected chi connectivity index (χ0v) is 9.00. The molecular weight excluding hydrogens is 216 g/mol. The molecule has 0 aliphatic rings. The van der Waals surface area contributed by atoms with Gasteiger partial charge < -0.3 is 9.47 Å². The second-order valence-electron chi connectivity index (χ2n) is 2.75. The molecule has 2 aromatic rings. The van der Waals surface area contributed by atoms with E-state index in [9.17, 15) is 4.79 Å². The predicted octanol–water partition coefficient (Wildman–Crippen LogP) is 1.49. The van der Waals surface area contributed by atoms with Crippen molar-refractivity contribution in [2.24, 2.45) is 0 Å². The van der Waals surface area contributed by atoms with E-state index in [0.29, 0.717) is 16.8 Å². The summed E-state index contributed by atoms with van der Waals surface area (Å²) in [5, 5.41) is 3.88. The van der Waals surface area contributed by atoms with Crippen LogP contribution in [0, 0.1) is 0 Å². The molecule has 1 heterocycles. The van der Waals surface area contributed by atoms with Crippen LogP contribution in [0.25, 0.3) is 10.2 Å². The molecule has 0 saturated carbocycles. The summed E-state index contributed by atoms with van der Waals surface area (Å²) >= 11 is 1.22. The number of esters is 1. The lowest BCUT2D eigenvalue weighted by atomic mass is 10.2. The van der Waals surface area contributed by atoms with E-state index in [1.807, 2.05) is 6.07 Å². The van der Waals surface area contributed by atoms with Crippen LogP contribution in [0.1, 0.15) is 10.4 Å². The Morgan fingerprint density at radius 3 is 2.87 bits per heavy atom. The van der Waals surface area contributed by atoms with Crippen molar-refractivity contribution in [3.8, 4) is 5.75 Å². The van der Waals surface area contributed by atoms with Gasteiger partial charge in [0.2, 0.25) is 0 Å². The minimum absolute atomic E-state index is 0.325. The summed E-state index contributed by atoms with van der Waals surface area (Å²) in [7, 11) is 2.81. The van der Waals surface area contributed by atoms with Gasteiger partial charge >= 0.3 is 5.97 Å². The molecule has 0 N–H and O–H groups in total. The fourth-order valence-corrected chi connectivity index (χ4v) is 1.87. The number of methoxy groups -OCH3 is 2. The standard InChI is InChI=1S/C9H8N2O3S/c1-13-5-3-4-6-8(10-11-15-6)7(5)9(12)14-2/h3-4H,1-2H3. The van der Waals surface area contributed by atoms with Gasteiger partial charge in [0.1, 0.15) is 16.8 Å². The van der Waals surface area contributed by atoms with Crippen molar-refractivity contribution in [2.45, 2.75) is 0 Å². The number of carbonyl (C=O) groups excluding carboxylic acids is 1. The van der Waals surface area contributed by atoms with Crippen molar-refractivity contribution < 1.29 is 14.3 Å². The highest BCUT2D eigenvalue weighted by molar-refractivity contribution is 7.13. The Bertz CT molecular complexity index is 509. The van der Waals surface area contributed by atoms with Gasteiger partial charge in [-0.25, -0.2) is 4.79 Å². The Hall–Kier alpha value is -1.69. The molecule has 0 spiro atoms. The molecule has 15 heavy (non-hydrogen) atoms. The molecule has 0 aliphatic carbocycles. The molecule has 0 saturated heterocycles. The first kappa shape index (κ1) is 9.85. The lowest BCUT2D eigenvalue weighted by Gasteiger charge is -2.05. The normalized spacial score (nSPS) is 10.3. The molecule has 5 nitrogen and oxygen atoms in total. The molecule has 6 heteroatoms. The Balaban J connectivity index is 2.74. The zero-order chi connectivity index (χ0) is 10.8. The molecule has 2 rings (SSSR count). The third-order valence-corrected chi connectivity index (χ3v) is 2.68. The predicted molar refractivity (Wildman–Crippen MR) is 55.3 cm³/mol. The van der Waals surface area contributed by atoms with E-state index < -0.39 is 5.97 Å². The van der Waals surface area contributed by atoms with E-state index in [1.54, 1.807) is 6.07 Å². The average Bonchev–Trinajstić information content (AvgIpc) is 2.74. The van der Waals surface area contributed by atoms with Gasteiger partial charge in [0.25, 0.3) is 0 Å². The largest absolute Gasteiger partial charge is 0.496 e. The molecule has 0 aliphatic heterocycles. The highest BCUT2D eigenvalue weighted by atomic mass is 32.1. The van der Waals surface area contributed by atoms with Crippen LogP contribution < -0.4 is 4.74 Å². The summed E-state index contributed by atoms with van der Waals surface area (Å²) in [6, 6.07) is 3.51. The zero-order valence-electron chi connectivity index (χ0n) is 8.18. The van der Waals surface area contributed by atoms with Gasteiger partial charge in [-0.05, 0) is 23.7 Å². The van der Waals surface area contributed by atoms with Gasteiger partial charge in [0.15, 0.2) is 0 Å². The summed E-state index contributed by atoms with van der Waals surface area (Å²) < 4.78 is 14.4. The monoisotopic (exact) mass is 224 g/mol. The quantitative estimate of drug-likeness (QED) is 0.723. The number of carbonyl (C=O) groups is 1. The summed E-state index contributed by atoms with van der Waals surface area (Å²) in [4.78, 5) is 11.5. The number of benzene rings is 1. The first-order valence-electron chi connectivity index (χ1n) is 4.15. The second-order valence-corrected chi connectivity index (χ2v) is 3.54. The van der Waals surface area contributed by atoms with Gasteiger partial charge in [0.05, 0.1) is 18.9 Å². The highest BCUT2D eigenvalue weighted by Crippen LogP contribution is 2.28. The van der Waals surface area contributed by atoms with Crippen LogP contribution in [0.15, 0.2) is 12.1 Å². The van der Waals surface area contributed by atoms with E-state index in [4.69, 9.17) is 4.74 Å². The number of hydrogen-bond donors (Lipinski definition) is 0. The Morgan fingerprint density at radius 2 is 2.20 bits per heavy atom. The van der Waals surface area contributed by atoms with Crippen LogP contribution in [-0.4, -0.2) is 29.8 Å². The Morgan fingerprint density at radius 1 is 1.40 bits per heavy atom. The number of nitrogens with zero attached hydrogens (tertiary/aromatic N) is 2. The average molecular weight is 224 g/mol. The number of aromatic nitrogens is 2. The highest BCUT2D eigenvalue weighted by Gasteiger charge is 2.19. The molecule has 78 valence electrons. The van der Waals surface area contributed by atoms with Crippen LogP contribution in [0.5, 0.6) is 5.75 Å². The molecular formula is C9H8N2O3S. The van der Waals surface area contributed by atoms with Gasteiger partial charge in [-0.2, -0.15) is 0 Å². The SMILES string of the molecule is COC(=O)c1c(OC)ccc2snnc12. The Labute approximate surface area is 89.8 Å². The van der Waals surface area contributed by atoms with E-state index in [1.165, 1.54) is 25.8 Å². The Kier molecular flexibility index (Phi) is 2.51. The van der Waals surface area contributed by atoms with E-state index >= 15 is 0 Å². The lowest BCUT2D eigenvalue weighted by Crippen LogP contribution is -2.05. The minimum Gasteiger partial charge on any atom is -0.496 e. The minimum atomic E-state index is -0.467. The van der Waals surface area contributed by atoms with Gasteiger partial charge in [-0.3, -0.25) is 0 Å². The van der Waals surface area contributed by atoms with Crippen LogP contribution in [-0.2, 0) is 4.74 Å². The fourth-order valence-electron chi connectivity index (χ4n) is 1.30. The van der Waals surface area contributed by atoms with Crippen molar-refractivity contribution in [1.82, 2.24) is 9.59 Å². The molecule has 1 aromatic carbocycles. The third kappa shape index (κ3) is 1.52. The van der Waals surface area contributed by atoms with Crippen molar-refractivity contribution in [2.75, 3.05) is 14.2 Å². The summed E-state index contributed by atoms with van der Waals surface area (Å²) in [6.45, 7) is 0. The van der Waals surface area contributed by atoms with Gasteiger partial charge in [0, 0.05) is 0 Å². The molecule has 0 unspecified atom stereocenters. The maximum absolute atomic E-state index is 11.5. The fraction of sp³-hybridized carbons (Fsp3) is 0.222. The molecule has 1 aromatic heterocycles. The van der Waals surface area contributed by atoms with Crippen molar-refractivity contribution >= 4 is 27.7 Å². The van der Waals surface area contributed by atoms with Crippen LogP contribution in [0.2, 0.25) is 0 Å². The maximum atomic E-state index is 11.5. The van der Waals surface area contributed by atoms with Crippen LogP contribution in [0.3, 0.4) is 0 Å². The first-order chi connectivity index (χ1) is 7.27. The van der Waals surface area contributed by atoms with Crippen molar-refractivity contribution in [3.05, 3.63) is 17.7 Å². The van der Waals surface area contributed by atoms with Crippen LogP contribution >= 0.6 is 11.5 Å². The van der Waals surface area contributed by atoms with E-state index in [0.717, 1.165) is 4.70 Å². The number of rotatable bonds is 2. The third-order valence-electron chi connectivity index (χ3n) is 1.99. The maximum Gasteiger partial charge on any atom is 0.344 e. The number of ether oxygens (including phenoxy) is 2. The summed E-state index contributed by atoms with van der Waals surface area (Å²) in [6.07, 6.45) is 0. The smallest absolute Gasteiger partial charge is 0.344 e. The molecule has 0 atom stereocenters. The first-order valence-corrected chi connectivity index (χ1v) is 4.92. The van der Waals surface area contributed by atoms with E-state index in [2.05, 4.69) is 14.3 Å². The van der Waals surface area contributed by atoms with E-state index in [-0.39, 0.29) is 0 Å². The van der Waals surface area contributed by atoms with Gasteiger partial charge in [-0.15, -0.1) is 5.10 Å². The lowest BCUT2D eigenvalue weighted by molar-refractivity contribution is 0.0599. The topological polar surface area (TPSA) is 61.3 Å². The molecule has 0 amide bonds. The van der Waals surface area contributed by atoms with Gasteiger partial charge in [-0.1, -0.05) is 4.49 Å². The molecule has 0 radical (unpaired) electrons. The summed E-state index contributed by atoms with van der Waals surface area (Å²) in [5.74, 6) is -0.0211.